The van der Waals surface area contributed by atoms with E-state index in [-0.39, 0.29) is 0 Å². The van der Waals surface area contributed by atoms with Gasteiger partial charge in [-0.1, -0.05) is 19.1 Å². The second-order valence-electron chi connectivity index (χ2n) is 5.33. The van der Waals surface area contributed by atoms with Crippen molar-refractivity contribution < 1.29 is 0 Å². The van der Waals surface area contributed by atoms with Crippen molar-refractivity contribution in [1.82, 2.24) is 9.97 Å². The smallest absolute Gasteiger partial charge is 0.132 e. The molecule has 1 aromatic carbocycles. The third-order valence-electron chi connectivity index (χ3n) is 3.66. The molecular weight excluding hydrogens is 248 g/mol. The Morgan fingerprint density at radius 1 is 1.25 bits per heavy atom. The number of nitrogen functional groups attached to an aromatic ring is 1. The van der Waals surface area contributed by atoms with E-state index in [1.165, 1.54) is 18.4 Å². The minimum absolute atomic E-state index is 0.607. The molecule has 0 amide bonds. The summed E-state index contributed by atoms with van der Waals surface area (Å²) in [4.78, 5) is 11.1. The highest BCUT2D eigenvalue weighted by atomic mass is 15.2. The molecule has 1 aliphatic rings. The van der Waals surface area contributed by atoms with E-state index in [9.17, 15) is 0 Å². The van der Waals surface area contributed by atoms with Gasteiger partial charge in [-0.25, -0.2) is 9.97 Å². The molecular formula is C16H20N4. The van der Waals surface area contributed by atoms with E-state index >= 15 is 0 Å². The molecule has 0 saturated heterocycles. The summed E-state index contributed by atoms with van der Waals surface area (Å²) < 4.78 is 0. The summed E-state index contributed by atoms with van der Waals surface area (Å²) in [6.45, 7) is 2.97. The van der Waals surface area contributed by atoms with Crippen molar-refractivity contribution in [3.05, 3.63) is 47.9 Å². The fourth-order valence-electron chi connectivity index (χ4n) is 2.41. The molecule has 20 heavy (non-hydrogen) atoms. The molecule has 4 heteroatoms. The van der Waals surface area contributed by atoms with Crippen LogP contribution < -0.4 is 10.6 Å². The number of nitrogens with zero attached hydrogens (tertiary/aromatic N) is 3. The molecule has 3 rings (SSSR count). The first-order valence-electron chi connectivity index (χ1n) is 7.18. The minimum Gasteiger partial charge on any atom is -0.399 e. The van der Waals surface area contributed by atoms with Gasteiger partial charge in [0.15, 0.2) is 0 Å². The van der Waals surface area contributed by atoms with Crippen LogP contribution >= 0.6 is 0 Å². The summed E-state index contributed by atoms with van der Waals surface area (Å²) in [6.07, 6.45) is 5.09. The molecule has 2 N–H and O–H groups in total. The number of nitrogens with two attached hydrogens (primary N) is 1. The lowest BCUT2D eigenvalue weighted by atomic mass is 10.2. The number of benzene rings is 1. The van der Waals surface area contributed by atoms with Crippen LogP contribution in [0, 0.1) is 0 Å². The molecule has 0 atom stereocenters. The molecule has 1 heterocycles. The fraction of sp³-hybridized carbons (Fsp3) is 0.375. The average molecular weight is 268 g/mol. The third-order valence-corrected chi connectivity index (χ3v) is 3.66. The zero-order valence-electron chi connectivity index (χ0n) is 11.8. The monoisotopic (exact) mass is 268 g/mol. The molecule has 0 unspecified atom stereocenters. The highest BCUT2D eigenvalue weighted by Gasteiger charge is 2.30. The van der Waals surface area contributed by atoms with Crippen LogP contribution in [-0.2, 0) is 13.0 Å². The van der Waals surface area contributed by atoms with Gasteiger partial charge >= 0.3 is 0 Å². The number of aryl methyl sites for hydroxylation is 1. The molecule has 2 aromatic rings. The van der Waals surface area contributed by atoms with E-state index in [2.05, 4.69) is 33.9 Å². The van der Waals surface area contributed by atoms with E-state index in [4.69, 9.17) is 5.73 Å². The second-order valence-corrected chi connectivity index (χ2v) is 5.33. The van der Waals surface area contributed by atoms with Gasteiger partial charge in [0, 0.05) is 30.0 Å². The highest BCUT2D eigenvalue weighted by molar-refractivity contribution is 5.46. The first-order valence-corrected chi connectivity index (χ1v) is 7.18. The van der Waals surface area contributed by atoms with Crippen LogP contribution in [0.1, 0.15) is 31.0 Å². The van der Waals surface area contributed by atoms with Gasteiger partial charge in [0.1, 0.15) is 12.1 Å². The maximum atomic E-state index is 5.87. The zero-order chi connectivity index (χ0) is 13.9. The number of rotatable bonds is 5. The van der Waals surface area contributed by atoms with Crippen LogP contribution in [0.3, 0.4) is 0 Å². The molecule has 0 spiro atoms. The lowest BCUT2D eigenvalue weighted by molar-refractivity contribution is 0.771. The SMILES string of the molecule is CCc1cc(N(Cc2cccc(N)c2)C2CC2)ncn1. The summed E-state index contributed by atoms with van der Waals surface area (Å²) in [5.41, 5.74) is 9.00. The Balaban J connectivity index is 1.85. The van der Waals surface area contributed by atoms with E-state index in [0.717, 1.165) is 30.2 Å². The van der Waals surface area contributed by atoms with Crippen LogP contribution in [0.15, 0.2) is 36.7 Å². The molecule has 1 aromatic heterocycles. The van der Waals surface area contributed by atoms with Crippen molar-refractivity contribution in [2.75, 3.05) is 10.6 Å². The maximum absolute atomic E-state index is 5.87. The minimum atomic E-state index is 0.607. The zero-order valence-corrected chi connectivity index (χ0v) is 11.8. The first-order chi connectivity index (χ1) is 9.76. The molecule has 0 bridgehead atoms. The van der Waals surface area contributed by atoms with Gasteiger partial charge in [-0.3, -0.25) is 0 Å². The Kier molecular flexibility index (Phi) is 3.54. The predicted octanol–water partition coefficient (Wildman–Crippen LogP) is 2.79. The Morgan fingerprint density at radius 3 is 2.80 bits per heavy atom. The van der Waals surface area contributed by atoms with Crippen LogP contribution in [0.2, 0.25) is 0 Å². The van der Waals surface area contributed by atoms with Crippen LogP contribution in [0.4, 0.5) is 11.5 Å². The summed E-state index contributed by atoms with van der Waals surface area (Å²) >= 11 is 0. The lowest BCUT2D eigenvalue weighted by Gasteiger charge is -2.24. The largest absolute Gasteiger partial charge is 0.399 e. The van der Waals surface area contributed by atoms with Crippen LogP contribution in [-0.4, -0.2) is 16.0 Å². The number of hydrogen-bond acceptors (Lipinski definition) is 4. The Labute approximate surface area is 119 Å². The van der Waals surface area contributed by atoms with Crippen LogP contribution in [0.5, 0.6) is 0 Å². The van der Waals surface area contributed by atoms with Gasteiger partial charge in [-0.2, -0.15) is 0 Å². The van der Waals surface area contributed by atoms with Crippen molar-refractivity contribution in [3.8, 4) is 0 Å². The normalized spacial score (nSPS) is 14.2. The molecule has 104 valence electrons. The van der Waals surface area contributed by atoms with Gasteiger partial charge in [0.2, 0.25) is 0 Å². The lowest BCUT2D eigenvalue weighted by Crippen LogP contribution is -2.26. The van der Waals surface area contributed by atoms with Gasteiger partial charge in [-0.15, -0.1) is 0 Å². The van der Waals surface area contributed by atoms with Gasteiger partial charge in [-0.05, 0) is 37.0 Å². The molecule has 1 aliphatic carbocycles. The van der Waals surface area contributed by atoms with Crippen LogP contribution in [0.25, 0.3) is 0 Å². The average Bonchev–Trinajstić information content (AvgIpc) is 3.29. The first kappa shape index (κ1) is 12.9. The number of aromatic nitrogens is 2. The molecule has 1 fully saturated rings. The van der Waals surface area contributed by atoms with Crippen molar-refractivity contribution in [1.29, 1.82) is 0 Å². The van der Waals surface area contributed by atoms with Gasteiger partial charge in [0.25, 0.3) is 0 Å². The molecule has 0 radical (unpaired) electrons. The van der Waals surface area contributed by atoms with Gasteiger partial charge < -0.3 is 10.6 Å². The topological polar surface area (TPSA) is 55.0 Å². The van der Waals surface area contributed by atoms with Gasteiger partial charge in [0.05, 0.1) is 0 Å². The molecule has 0 aliphatic heterocycles. The summed E-state index contributed by atoms with van der Waals surface area (Å²) in [7, 11) is 0. The maximum Gasteiger partial charge on any atom is 0.132 e. The number of hydrogen-bond donors (Lipinski definition) is 1. The summed E-state index contributed by atoms with van der Waals surface area (Å²) in [5, 5.41) is 0. The van der Waals surface area contributed by atoms with Crippen molar-refractivity contribution in [2.24, 2.45) is 0 Å². The van der Waals surface area contributed by atoms with E-state index in [0.29, 0.717) is 6.04 Å². The van der Waals surface area contributed by atoms with Crippen molar-refractivity contribution >= 4 is 11.5 Å². The standard InChI is InChI=1S/C16H20N4/c1-2-14-9-16(19-11-18-14)20(15-6-7-15)10-12-4-3-5-13(17)8-12/h3-5,8-9,11,15H,2,6-7,10,17H2,1H3. The molecule has 4 nitrogen and oxygen atoms in total. The Hall–Kier alpha value is -2.10. The quantitative estimate of drug-likeness (QED) is 0.847. The fourth-order valence-corrected chi connectivity index (χ4v) is 2.41. The third kappa shape index (κ3) is 2.90. The van der Waals surface area contributed by atoms with E-state index in [1.807, 2.05) is 18.2 Å². The Bertz CT molecular complexity index is 593. The van der Waals surface area contributed by atoms with Crippen molar-refractivity contribution in [3.63, 3.8) is 0 Å². The number of anilines is 2. The van der Waals surface area contributed by atoms with Crippen molar-refractivity contribution in [2.45, 2.75) is 38.8 Å². The summed E-state index contributed by atoms with van der Waals surface area (Å²) in [5.74, 6) is 1.03. The van der Waals surface area contributed by atoms with E-state index < -0.39 is 0 Å². The highest BCUT2D eigenvalue weighted by Crippen LogP contribution is 2.32. The second kappa shape index (κ2) is 5.49. The van der Waals surface area contributed by atoms with E-state index in [1.54, 1.807) is 6.33 Å². The Morgan fingerprint density at radius 2 is 2.10 bits per heavy atom. The summed E-state index contributed by atoms with van der Waals surface area (Å²) in [6, 6.07) is 10.8. The predicted molar refractivity (Wildman–Crippen MR) is 81.5 cm³/mol. The molecule has 1 saturated carbocycles.